The van der Waals surface area contributed by atoms with E-state index in [1.165, 1.54) is 18.2 Å². The third kappa shape index (κ3) is 5.17. The lowest BCUT2D eigenvalue weighted by Gasteiger charge is -2.13. The van der Waals surface area contributed by atoms with Gasteiger partial charge in [-0.2, -0.15) is 0 Å². The fraction of sp³-hybridized carbons (Fsp3) is 0.0455. The Kier molecular flexibility index (Phi) is 6.72. The van der Waals surface area contributed by atoms with Gasteiger partial charge in [-0.3, -0.25) is 25.2 Å². The first-order chi connectivity index (χ1) is 14.3. The molecule has 3 aromatic carbocycles. The molecule has 0 aliphatic heterocycles. The number of hydrogen-bond donors (Lipinski definition) is 3. The molecule has 0 radical (unpaired) electrons. The van der Waals surface area contributed by atoms with Crippen molar-refractivity contribution in [2.45, 2.75) is 6.92 Å². The summed E-state index contributed by atoms with van der Waals surface area (Å²) in [6.07, 6.45) is 0. The van der Waals surface area contributed by atoms with Gasteiger partial charge in [0.1, 0.15) is 0 Å². The topological polar surface area (TPSA) is 87.3 Å². The van der Waals surface area contributed by atoms with E-state index in [1.807, 2.05) is 6.92 Å². The molecule has 6 nitrogen and oxygen atoms in total. The van der Waals surface area contributed by atoms with Gasteiger partial charge in [0.25, 0.3) is 17.7 Å². The van der Waals surface area contributed by atoms with E-state index in [9.17, 15) is 14.4 Å². The van der Waals surface area contributed by atoms with Crippen LogP contribution in [0.1, 0.15) is 36.6 Å². The van der Waals surface area contributed by atoms with Crippen LogP contribution in [0.25, 0.3) is 0 Å². The molecule has 3 amide bonds. The summed E-state index contributed by atoms with van der Waals surface area (Å²) >= 11 is 11.9. The molecule has 0 atom stereocenters. The van der Waals surface area contributed by atoms with Gasteiger partial charge in [0.05, 0.1) is 21.8 Å². The summed E-state index contributed by atoms with van der Waals surface area (Å²) in [6.45, 7) is 1.91. The Labute approximate surface area is 183 Å². The van der Waals surface area contributed by atoms with Crippen LogP contribution in [0, 0.1) is 6.92 Å². The zero-order chi connectivity index (χ0) is 21.7. The van der Waals surface area contributed by atoms with Crippen molar-refractivity contribution in [3.05, 3.63) is 99.0 Å². The molecule has 0 heterocycles. The molecule has 0 bridgehead atoms. The molecule has 3 rings (SSSR count). The van der Waals surface area contributed by atoms with Crippen molar-refractivity contribution in [3.63, 3.8) is 0 Å². The smallest absolute Gasteiger partial charge is 0.271 e. The summed E-state index contributed by atoms with van der Waals surface area (Å²) in [5.41, 5.74) is 6.76. The summed E-state index contributed by atoms with van der Waals surface area (Å²) in [4.78, 5) is 37.3. The maximum absolute atomic E-state index is 12.6. The van der Waals surface area contributed by atoms with Crippen LogP contribution in [-0.2, 0) is 0 Å². The quantitative estimate of drug-likeness (QED) is 0.515. The van der Waals surface area contributed by atoms with E-state index in [1.54, 1.807) is 48.5 Å². The molecule has 8 heteroatoms. The second-order valence-corrected chi connectivity index (χ2v) is 7.24. The molecular weight excluding hydrogens is 425 g/mol. The van der Waals surface area contributed by atoms with Gasteiger partial charge in [-0.1, -0.05) is 53.0 Å². The first kappa shape index (κ1) is 21.4. The van der Waals surface area contributed by atoms with Gasteiger partial charge in [-0.15, -0.1) is 0 Å². The molecule has 3 N–H and O–H groups in total. The Hall–Kier alpha value is -3.35. The molecule has 30 heavy (non-hydrogen) atoms. The number of halogens is 2. The van der Waals surface area contributed by atoms with E-state index in [0.29, 0.717) is 10.6 Å². The third-order valence-corrected chi connectivity index (χ3v) is 4.75. The monoisotopic (exact) mass is 441 g/mol. The van der Waals surface area contributed by atoms with E-state index in [2.05, 4.69) is 16.2 Å². The Morgan fingerprint density at radius 1 is 0.733 bits per heavy atom. The summed E-state index contributed by atoms with van der Waals surface area (Å²) in [7, 11) is 0. The number of hydrogen-bond acceptors (Lipinski definition) is 3. The predicted molar refractivity (Wildman–Crippen MR) is 117 cm³/mol. The lowest BCUT2D eigenvalue weighted by atomic mass is 10.1. The number of carbonyl (C=O) groups excluding carboxylic acids is 3. The minimum atomic E-state index is -0.589. The van der Waals surface area contributed by atoms with Crippen molar-refractivity contribution in [3.8, 4) is 0 Å². The lowest BCUT2D eigenvalue weighted by molar-refractivity contribution is 0.0847. The lowest BCUT2D eigenvalue weighted by Crippen LogP contribution is -2.41. The zero-order valence-corrected chi connectivity index (χ0v) is 17.3. The van der Waals surface area contributed by atoms with Crippen LogP contribution in [-0.4, -0.2) is 17.7 Å². The molecule has 0 spiro atoms. The largest absolute Gasteiger partial charge is 0.321 e. The summed E-state index contributed by atoms with van der Waals surface area (Å²) in [5.74, 6) is -1.55. The second-order valence-electron chi connectivity index (χ2n) is 6.40. The Morgan fingerprint density at radius 2 is 1.40 bits per heavy atom. The van der Waals surface area contributed by atoms with Crippen LogP contribution in [0.2, 0.25) is 10.0 Å². The second kappa shape index (κ2) is 9.43. The zero-order valence-electron chi connectivity index (χ0n) is 15.8. The van der Waals surface area contributed by atoms with Gasteiger partial charge >= 0.3 is 0 Å². The Bertz CT molecular complexity index is 1110. The van der Waals surface area contributed by atoms with Crippen molar-refractivity contribution < 1.29 is 14.4 Å². The average Bonchev–Trinajstić information content (AvgIpc) is 2.72. The minimum Gasteiger partial charge on any atom is -0.321 e. The molecule has 0 unspecified atom stereocenters. The van der Waals surface area contributed by atoms with Gasteiger partial charge < -0.3 is 5.32 Å². The molecule has 0 aromatic heterocycles. The third-order valence-electron chi connectivity index (χ3n) is 4.20. The number of amides is 3. The number of hydrazine groups is 1. The number of carbonyl (C=O) groups is 3. The molecular formula is C22H17Cl2N3O3. The highest BCUT2D eigenvalue weighted by Gasteiger charge is 2.17. The number of rotatable bonds is 4. The predicted octanol–water partition coefficient (Wildman–Crippen LogP) is 4.63. The van der Waals surface area contributed by atoms with Crippen molar-refractivity contribution in [1.29, 1.82) is 0 Å². The van der Waals surface area contributed by atoms with Gasteiger partial charge in [0.2, 0.25) is 0 Å². The normalized spacial score (nSPS) is 10.2. The Morgan fingerprint density at radius 3 is 2.10 bits per heavy atom. The van der Waals surface area contributed by atoms with E-state index < -0.39 is 17.7 Å². The number of para-hydroxylation sites is 1. The maximum Gasteiger partial charge on any atom is 0.271 e. The number of anilines is 1. The summed E-state index contributed by atoms with van der Waals surface area (Å²) in [6, 6.07) is 17.8. The Balaban J connectivity index is 1.71. The SMILES string of the molecule is Cc1ccc(C(=O)NNC(=O)c2ccccc2NC(=O)c2ccc(Cl)cc2Cl)cc1. The number of benzene rings is 3. The molecule has 0 saturated carbocycles. The van der Waals surface area contributed by atoms with Gasteiger partial charge in [-0.25, -0.2) is 0 Å². The number of aryl methyl sites for hydroxylation is 1. The van der Waals surface area contributed by atoms with E-state index in [4.69, 9.17) is 23.2 Å². The highest BCUT2D eigenvalue weighted by molar-refractivity contribution is 6.37. The van der Waals surface area contributed by atoms with E-state index >= 15 is 0 Å². The van der Waals surface area contributed by atoms with Crippen LogP contribution in [0.3, 0.4) is 0 Å². The van der Waals surface area contributed by atoms with Gasteiger partial charge in [-0.05, 0) is 49.4 Å². The van der Waals surface area contributed by atoms with Crippen molar-refractivity contribution in [1.82, 2.24) is 10.9 Å². The van der Waals surface area contributed by atoms with Crippen LogP contribution in [0.4, 0.5) is 5.69 Å². The fourth-order valence-electron chi connectivity index (χ4n) is 2.61. The van der Waals surface area contributed by atoms with Crippen LogP contribution >= 0.6 is 23.2 Å². The van der Waals surface area contributed by atoms with Crippen molar-refractivity contribution in [2.24, 2.45) is 0 Å². The maximum atomic E-state index is 12.6. The van der Waals surface area contributed by atoms with Crippen molar-refractivity contribution in [2.75, 3.05) is 5.32 Å². The fourth-order valence-corrected chi connectivity index (χ4v) is 3.11. The first-order valence-corrected chi connectivity index (χ1v) is 9.63. The average molecular weight is 442 g/mol. The highest BCUT2D eigenvalue weighted by atomic mass is 35.5. The van der Waals surface area contributed by atoms with Crippen LogP contribution in [0.15, 0.2) is 66.7 Å². The molecule has 0 aliphatic rings. The van der Waals surface area contributed by atoms with Crippen LogP contribution in [0.5, 0.6) is 0 Å². The van der Waals surface area contributed by atoms with Gasteiger partial charge in [0, 0.05) is 10.6 Å². The van der Waals surface area contributed by atoms with Crippen LogP contribution < -0.4 is 16.2 Å². The van der Waals surface area contributed by atoms with E-state index in [-0.39, 0.29) is 21.8 Å². The first-order valence-electron chi connectivity index (χ1n) is 8.88. The highest BCUT2D eigenvalue weighted by Crippen LogP contribution is 2.23. The standard InChI is InChI=1S/C22H17Cl2N3O3/c1-13-6-8-14(9-7-13)20(28)26-27-22(30)17-4-2-3-5-19(17)25-21(29)16-11-10-15(23)12-18(16)24/h2-12H,1H3,(H,25,29)(H,26,28)(H,27,30). The van der Waals surface area contributed by atoms with E-state index in [0.717, 1.165) is 5.56 Å². The minimum absolute atomic E-state index is 0.167. The van der Waals surface area contributed by atoms with Crippen molar-refractivity contribution >= 4 is 46.6 Å². The number of nitrogens with one attached hydrogen (secondary N) is 3. The molecule has 0 aliphatic carbocycles. The molecule has 152 valence electrons. The summed E-state index contributed by atoms with van der Waals surface area (Å²) in [5, 5.41) is 3.24. The molecule has 0 fully saturated rings. The molecule has 0 saturated heterocycles. The molecule has 3 aromatic rings. The summed E-state index contributed by atoms with van der Waals surface area (Å²) < 4.78 is 0. The van der Waals surface area contributed by atoms with Gasteiger partial charge in [0.15, 0.2) is 0 Å².